The van der Waals surface area contributed by atoms with E-state index in [1.807, 2.05) is 5.32 Å². The third kappa shape index (κ3) is 3.72. The number of ether oxygens (including phenoxy) is 1. The molecule has 0 unspecified atom stereocenters. The van der Waals surface area contributed by atoms with E-state index in [1.165, 1.54) is 24.3 Å². The third-order valence-electron chi connectivity index (χ3n) is 4.72. The number of methoxy groups -OCH3 is 1. The molecule has 1 atom stereocenters. The fourth-order valence-corrected chi connectivity index (χ4v) is 4.65. The van der Waals surface area contributed by atoms with E-state index >= 15 is 0 Å². The van der Waals surface area contributed by atoms with Crippen molar-refractivity contribution >= 4 is 34.1 Å². The molecule has 3 rings (SSSR count). The zero-order chi connectivity index (χ0) is 22.1. The van der Waals surface area contributed by atoms with Crippen LogP contribution in [0.1, 0.15) is 37.6 Å². The number of carbonyl (C=O) groups excluding carboxylic acids is 3. The number of alkyl halides is 3. The molecule has 2 aromatic rings. The van der Waals surface area contributed by atoms with Gasteiger partial charge in [0, 0.05) is 10.4 Å². The number of benzene rings is 1. The van der Waals surface area contributed by atoms with Crippen LogP contribution in [0.15, 0.2) is 30.3 Å². The Hall–Kier alpha value is -3.08. The minimum atomic E-state index is -5.31. The summed E-state index contributed by atoms with van der Waals surface area (Å²) in [5, 5.41) is 3.52. The highest BCUT2D eigenvalue weighted by Gasteiger charge is 2.64. The van der Waals surface area contributed by atoms with Crippen molar-refractivity contribution in [3.8, 4) is 0 Å². The van der Waals surface area contributed by atoms with E-state index in [1.54, 1.807) is 11.4 Å². The molecule has 0 aliphatic heterocycles. The van der Waals surface area contributed by atoms with Crippen LogP contribution >= 0.6 is 11.3 Å². The molecule has 1 aliphatic carbocycles. The molecule has 1 aromatic carbocycles. The quantitative estimate of drug-likeness (QED) is 0.472. The van der Waals surface area contributed by atoms with Crippen LogP contribution < -0.4 is 16.4 Å². The number of rotatable bonds is 6. The van der Waals surface area contributed by atoms with E-state index in [4.69, 9.17) is 5.73 Å². The van der Waals surface area contributed by atoms with Crippen LogP contribution in [0.3, 0.4) is 0 Å². The van der Waals surface area contributed by atoms with Gasteiger partial charge in [-0.15, -0.1) is 11.3 Å². The molecule has 1 aromatic heterocycles. The molecule has 2 amide bonds. The largest absolute Gasteiger partial charge is 0.466 e. The summed E-state index contributed by atoms with van der Waals surface area (Å²) >= 11 is 0.900. The summed E-state index contributed by atoms with van der Waals surface area (Å²) in [5.41, 5.74) is 2.13. The van der Waals surface area contributed by atoms with Crippen molar-refractivity contribution < 1.29 is 32.3 Å². The number of primary amides is 1. The monoisotopic (exact) mass is 441 g/mol. The smallest absolute Gasteiger partial charge is 0.441 e. The highest BCUT2D eigenvalue weighted by atomic mass is 32.1. The SMILES string of the molecule is COC(=O)[C@@](NC(=O)c1ccccc1)(Nc1sc2c(c1C(N)=O)CCC2)C(F)(F)F. The average Bonchev–Trinajstić information content (AvgIpc) is 3.26. The predicted molar refractivity (Wildman–Crippen MR) is 103 cm³/mol. The lowest BCUT2D eigenvalue weighted by Crippen LogP contribution is -2.69. The number of thiophene rings is 1. The van der Waals surface area contributed by atoms with Gasteiger partial charge in [0.25, 0.3) is 11.8 Å². The summed E-state index contributed by atoms with van der Waals surface area (Å²) in [7, 11) is 0.766. The number of fused-ring (bicyclic) bond motifs is 1. The van der Waals surface area contributed by atoms with Gasteiger partial charge in [0.1, 0.15) is 5.00 Å². The molecule has 1 heterocycles. The molecule has 160 valence electrons. The standard InChI is InChI=1S/C19H18F3N3O4S/c1-29-17(28)18(19(20,21)22,24-15(27)10-6-3-2-4-7-10)25-16-13(14(23)26)11-8-5-9-12(11)30-16/h2-4,6-7,25H,5,8-9H2,1H3,(H2,23,26)(H,24,27)/t18-/m1/s1. The number of amides is 2. The summed E-state index contributed by atoms with van der Waals surface area (Å²) in [6.07, 6.45) is -3.50. The predicted octanol–water partition coefficient (Wildman–Crippen LogP) is 2.61. The summed E-state index contributed by atoms with van der Waals surface area (Å²) in [4.78, 5) is 37.6. The molecule has 1 aliphatic rings. The molecule has 30 heavy (non-hydrogen) atoms. The highest BCUT2D eigenvalue weighted by molar-refractivity contribution is 7.16. The second kappa shape index (κ2) is 7.98. The van der Waals surface area contributed by atoms with Gasteiger partial charge < -0.3 is 21.1 Å². The lowest BCUT2D eigenvalue weighted by Gasteiger charge is -2.34. The van der Waals surface area contributed by atoms with E-state index in [0.29, 0.717) is 23.3 Å². The van der Waals surface area contributed by atoms with Gasteiger partial charge in [0.05, 0.1) is 12.7 Å². The maximum Gasteiger partial charge on any atom is 0.441 e. The van der Waals surface area contributed by atoms with Crippen LogP contribution in [0.4, 0.5) is 18.2 Å². The lowest BCUT2D eigenvalue weighted by atomic mass is 10.1. The van der Waals surface area contributed by atoms with Gasteiger partial charge in [-0.25, -0.2) is 4.79 Å². The summed E-state index contributed by atoms with van der Waals surface area (Å²) in [6, 6.07) is 7.10. The molecule has 0 radical (unpaired) electrons. The molecule has 0 bridgehead atoms. The van der Waals surface area contributed by atoms with Crippen molar-refractivity contribution in [1.29, 1.82) is 0 Å². The topological polar surface area (TPSA) is 111 Å². The van der Waals surface area contributed by atoms with Crippen LogP contribution in [0, 0.1) is 0 Å². The van der Waals surface area contributed by atoms with Crippen molar-refractivity contribution in [3.05, 3.63) is 51.9 Å². The lowest BCUT2D eigenvalue weighted by molar-refractivity contribution is -0.203. The molecule has 4 N–H and O–H groups in total. The Morgan fingerprint density at radius 3 is 2.37 bits per heavy atom. The minimum absolute atomic E-state index is 0.0966. The first-order valence-electron chi connectivity index (χ1n) is 8.86. The van der Waals surface area contributed by atoms with Gasteiger partial charge in [0.15, 0.2) is 0 Å². The first-order valence-corrected chi connectivity index (χ1v) is 9.67. The number of nitrogens with two attached hydrogens (primary N) is 1. The zero-order valence-corrected chi connectivity index (χ0v) is 16.6. The molecule has 7 nitrogen and oxygen atoms in total. The summed E-state index contributed by atoms with van der Waals surface area (Å²) in [5.74, 6) is -3.87. The van der Waals surface area contributed by atoms with Crippen LogP contribution in [0.2, 0.25) is 0 Å². The third-order valence-corrected chi connectivity index (χ3v) is 5.93. The number of aryl methyl sites for hydroxylation is 1. The normalized spacial score (nSPS) is 15.1. The highest BCUT2D eigenvalue weighted by Crippen LogP contribution is 2.42. The number of halogens is 3. The van der Waals surface area contributed by atoms with Crippen molar-refractivity contribution in [2.45, 2.75) is 31.1 Å². The van der Waals surface area contributed by atoms with Crippen LogP contribution in [0.25, 0.3) is 0 Å². The molecular weight excluding hydrogens is 423 g/mol. The van der Waals surface area contributed by atoms with Gasteiger partial charge >= 0.3 is 17.8 Å². The number of carbonyl (C=O) groups is 3. The van der Waals surface area contributed by atoms with E-state index in [0.717, 1.165) is 24.9 Å². The summed E-state index contributed by atoms with van der Waals surface area (Å²) < 4.78 is 47.0. The first-order chi connectivity index (χ1) is 14.1. The molecule has 0 fully saturated rings. The van der Waals surface area contributed by atoms with Gasteiger partial charge in [0.2, 0.25) is 0 Å². The Kier molecular flexibility index (Phi) is 5.75. The van der Waals surface area contributed by atoms with Crippen LogP contribution in [0.5, 0.6) is 0 Å². The Balaban J connectivity index is 2.10. The number of nitrogens with one attached hydrogen (secondary N) is 2. The average molecular weight is 441 g/mol. The Morgan fingerprint density at radius 1 is 1.13 bits per heavy atom. The molecule has 0 saturated carbocycles. The van der Waals surface area contributed by atoms with Crippen molar-refractivity contribution in [2.24, 2.45) is 5.73 Å². The van der Waals surface area contributed by atoms with Crippen molar-refractivity contribution in [1.82, 2.24) is 5.32 Å². The molecule has 11 heteroatoms. The fourth-order valence-electron chi connectivity index (χ4n) is 3.30. The zero-order valence-electron chi connectivity index (χ0n) is 15.8. The number of hydrogen-bond donors (Lipinski definition) is 3. The van der Waals surface area contributed by atoms with E-state index in [-0.39, 0.29) is 16.1 Å². The summed E-state index contributed by atoms with van der Waals surface area (Å²) in [6.45, 7) is 0. The van der Waals surface area contributed by atoms with Gasteiger partial charge in [-0.1, -0.05) is 18.2 Å². The van der Waals surface area contributed by atoms with Gasteiger partial charge in [-0.2, -0.15) is 13.2 Å². The maximum absolute atomic E-state index is 14.2. The fraction of sp³-hybridized carbons (Fsp3) is 0.316. The Labute approximate surface area is 173 Å². The molecule has 0 saturated heterocycles. The van der Waals surface area contributed by atoms with E-state index in [2.05, 4.69) is 4.74 Å². The van der Waals surface area contributed by atoms with Crippen LogP contribution in [-0.4, -0.2) is 36.7 Å². The first kappa shape index (κ1) is 21.6. The molecule has 0 spiro atoms. The number of esters is 1. The minimum Gasteiger partial charge on any atom is -0.466 e. The van der Waals surface area contributed by atoms with E-state index < -0.39 is 29.6 Å². The van der Waals surface area contributed by atoms with Gasteiger partial charge in [-0.05, 0) is 37.0 Å². The van der Waals surface area contributed by atoms with Crippen LogP contribution in [-0.2, 0) is 22.4 Å². The van der Waals surface area contributed by atoms with Gasteiger partial charge in [-0.3, -0.25) is 9.59 Å². The maximum atomic E-state index is 14.2. The Bertz CT molecular complexity index is 991. The number of anilines is 1. The van der Waals surface area contributed by atoms with E-state index in [9.17, 15) is 27.6 Å². The molecular formula is C19H18F3N3O4S. The second-order valence-electron chi connectivity index (χ2n) is 6.61. The second-order valence-corrected chi connectivity index (χ2v) is 7.72. The van der Waals surface area contributed by atoms with Crippen molar-refractivity contribution in [2.75, 3.05) is 12.4 Å². The van der Waals surface area contributed by atoms with Crippen molar-refractivity contribution in [3.63, 3.8) is 0 Å². The number of hydrogen-bond acceptors (Lipinski definition) is 6. The Morgan fingerprint density at radius 2 is 1.80 bits per heavy atom.